The van der Waals surface area contributed by atoms with Gasteiger partial charge in [0.05, 0.1) is 19.5 Å². The number of ether oxygens (including phenoxy) is 2. The van der Waals surface area contributed by atoms with E-state index in [1.165, 1.54) is 6.26 Å². The number of carbonyl (C=O) groups excluding carboxylic acids is 1. The molecule has 0 saturated heterocycles. The summed E-state index contributed by atoms with van der Waals surface area (Å²) in [5, 5.41) is 12.7. The minimum atomic E-state index is -0.730. The van der Waals surface area contributed by atoms with Crippen LogP contribution < -0.4 is 10.1 Å². The van der Waals surface area contributed by atoms with Crippen molar-refractivity contribution in [3.05, 3.63) is 84.3 Å². The second-order valence-corrected chi connectivity index (χ2v) is 5.92. The van der Waals surface area contributed by atoms with E-state index in [9.17, 15) is 9.90 Å². The fourth-order valence-electron chi connectivity index (χ4n) is 2.36. The van der Waals surface area contributed by atoms with Crippen molar-refractivity contribution in [1.82, 2.24) is 0 Å². The summed E-state index contributed by atoms with van der Waals surface area (Å²) < 4.78 is 16.1. The van der Waals surface area contributed by atoms with E-state index in [1.54, 1.807) is 36.4 Å². The molecule has 0 fully saturated rings. The Bertz CT molecular complexity index is 816. The van der Waals surface area contributed by atoms with E-state index in [0.717, 1.165) is 5.56 Å². The van der Waals surface area contributed by atoms with Gasteiger partial charge < -0.3 is 24.3 Å². The van der Waals surface area contributed by atoms with Crippen LogP contribution in [0.3, 0.4) is 0 Å². The van der Waals surface area contributed by atoms with Gasteiger partial charge in [-0.25, -0.2) is 0 Å². The monoisotopic (exact) mass is 367 g/mol. The lowest BCUT2D eigenvalue weighted by molar-refractivity contribution is 0.00549. The van der Waals surface area contributed by atoms with Crippen LogP contribution in [0.25, 0.3) is 0 Å². The maximum absolute atomic E-state index is 11.9. The van der Waals surface area contributed by atoms with Gasteiger partial charge in [-0.3, -0.25) is 4.79 Å². The van der Waals surface area contributed by atoms with Gasteiger partial charge in [0.1, 0.15) is 18.5 Å². The standard InChI is InChI=1S/C21H21NO5/c23-18(14-25-13-16-5-2-1-3-6-16)15-27-19-10-8-17(9-11-19)22-21(24)20-7-4-12-26-20/h1-12,18,23H,13-15H2,(H,22,24). The molecule has 2 aromatic carbocycles. The van der Waals surface area contributed by atoms with Gasteiger partial charge in [-0.1, -0.05) is 30.3 Å². The molecule has 0 aliphatic heterocycles. The molecule has 140 valence electrons. The smallest absolute Gasteiger partial charge is 0.291 e. The minimum Gasteiger partial charge on any atom is -0.491 e. The minimum absolute atomic E-state index is 0.118. The lowest BCUT2D eigenvalue weighted by Crippen LogP contribution is -2.23. The van der Waals surface area contributed by atoms with Crippen LogP contribution in [0.2, 0.25) is 0 Å². The SMILES string of the molecule is O=C(Nc1ccc(OCC(O)COCc2ccccc2)cc1)c1ccco1. The normalized spacial score (nSPS) is 11.7. The van der Waals surface area contributed by atoms with Crippen LogP contribution in [0.15, 0.2) is 77.4 Å². The van der Waals surface area contributed by atoms with E-state index in [1.807, 2.05) is 30.3 Å². The maximum Gasteiger partial charge on any atom is 0.291 e. The molecule has 3 rings (SSSR count). The first-order valence-electron chi connectivity index (χ1n) is 8.58. The second-order valence-electron chi connectivity index (χ2n) is 5.92. The molecule has 0 spiro atoms. The summed E-state index contributed by atoms with van der Waals surface area (Å²) >= 11 is 0. The topological polar surface area (TPSA) is 80.9 Å². The predicted molar refractivity (Wildman–Crippen MR) is 101 cm³/mol. The van der Waals surface area contributed by atoms with Crippen molar-refractivity contribution in [2.75, 3.05) is 18.5 Å². The molecule has 0 aliphatic rings. The number of anilines is 1. The van der Waals surface area contributed by atoms with Crippen LogP contribution in [-0.4, -0.2) is 30.3 Å². The summed E-state index contributed by atoms with van der Waals surface area (Å²) in [6.07, 6.45) is 0.716. The van der Waals surface area contributed by atoms with Gasteiger partial charge in [-0.15, -0.1) is 0 Å². The Morgan fingerprint density at radius 3 is 2.48 bits per heavy atom. The summed E-state index contributed by atoms with van der Waals surface area (Å²) in [5.41, 5.74) is 1.67. The van der Waals surface area contributed by atoms with Gasteiger partial charge >= 0.3 is 0 Å². The zero-order chi connectivity index (χ0) is 18.9. The highest BCUT2D eigenvalue weighted by Gasteiger charge is 2.09. The summed E-state index contributed by atoms with van der Waals surface area (Å²) in [5.74, 6) is 0.515. The summed E-state index contributed by atoms with van der Waals surface area (Å²) in [7, 11) is 0. The van der Waals surface area contributed by atoms with E-state index in [2.05, 4.69) is 5.32 Å². The van der Waals surface area contributed by atoms with Crippen LogP contribution in [-0.2, 0) is 11.3 Å². The average molecular weight is 367 g/mol. The molecule has 0 saturated carbocycles. The lowest BCUT2D eigenvalue weighted by atomic mass is 10.2. The van der Waals surface area contributed by atoms with E-state index >= 15 is 0 Å². The summed E-state index contributed by atoms with van der Waals surface area (Å²) in [4.78, 5) is 11.9. The number of nitrogens with one attached hydrogen (secondary N) is 1. The molecule has 2 N–H and O–H groups in total. The molecule has 3 aromatic rings. The molecule has 0 bridgehead atoms. The predicted octanol–water partition coefficient (Wildman–Crippen LogP) is 3.49. The molecule has 6 nitrogen and oxygen atoms in total. The molecule has 0 aliphatic carbocycles. The van der Waals surface area contributed by atoms with E-state index in [-0.39, 0.29) is 24.9 Å². The first kappa shape index (κ1) is 18.7. The van der Waals surface area contributed by atoms with Crippen molar-refractivity contribution in [3.8, 4) is 5.75 Å². The van der Waals surface area contributed by atoms with Crippen LogP contribution in [0.1, 0.15) is 16.1 Å². The van der Waals surface area contributed by atoms with E-state index in [4.69, 9.17) is 13.9 Å². The third-order valence-corrected chi connectivity index (χ3v) is 3.72. The fourth-order valence-corrected chi connectivity index (χ4v) is 2.36. The molecular formula is C21H21NO5. The summed E-state index contributed by atoms with van der Waals surface area (Å²) in [6, 6.07) is 19.9. The largest absolute Gasteiger partial charge is 0.491 e. The van der Waals surface area contributed by atoms with Gasteiger partial charge in [0.25, 0.3) is 5.91 Å². The number of rotatable bonds is 9. The number of amides is 1. The number of hydrogen-bond donors (Lipinski definition) is 2. The molecular weight excluding hydrogens is 346 g/mol. The highest BCUT2D eigenvalue weighted by Crippen LogP contribution is 2.17. The van der Waals surface area contributed by atoms with Crippen LogP contribution in [0.4, 0.5) is 5.69 Å². The van der Waals surface area contributed by atoms with Crippen molar-refractivity contribution < 1.29 is 23.8 Å². The molecule has 1 unspecified atom stereocenters. The van der Waals surface area contributed by atoms with Gasteiger partial charge in [-0.2, -0.15) is 0 Å². The zero-order valence-electron chi connectivity index (χ0n) is 14.7. The Labute approximate surface area is 157 Å². The van der Waals surface area contributed by atoms with E-state index < -0.39 is 6.10 Å². The number of furan rings is 1. The van der Waals surface area contributed by atoms with Gasteiger partial charge in [0, 0.05) is 5.69 Å². The van der Waals surface area contributed by atoms with Crippen LogP contribution in [0.5, 0.6) is 5.75 Å². The number of aliphatic hydroxyl groups excluding tert-OH is 1. The highest BCUT2D eigenvalue weighted by atomic mass is 16.5. The molecule has 27 heavy (non-hydrogen) atoms. The Kier molecular flexibility index (Phi) is 6.62. The number of benzene rings is 2. The number of carbonyl (C=O) groups is 1. The molecule has 1 atom stereocenters. The Hall–Kier alpha value is -3.09. The van der Waals surface area contributed by atoms with Gasteiger partial charge in [0.2, 0.25) is 0 Å². The van der Waals surface area contributed by atoms with Crippen molar-refractivity contribution in [2.24, 2.45) is 0 Å². The number of hydrogen-bond acceptors (Lipinski definition) is 5. The van der Waals surface area contributed by atoms with Gasteiger partial charge in [-0.05, 0) is 42.0 Å². The Balaban J connectivity index is 1.38. The highest BCUT2D eigenvalue weighted by molar-refractivity contribution is 6.02. The first-order valence-corrected chi connectivity index (χ1v) is 8.58. The Morgan fingerprint density at radius 1 is 1.00 bits per heavy atom. The first-order chi connectivity index (χ1) is 13.2. The third-order valence-electron chi connectivity index (χ3n) is 3.72. The molecule has 1 amide bonds. The molecule has 0 radical (unpaired) electrons. The average Bonchev–Trinajstić information content (AvgIpc) is 3.23. The molecule has 1 aromatic heterocycles. The summed E-state index contributed by atoms with van der Waals surface area (Å²) in [6.45, 7) is 0.751. The molecule has 6 heteroatoms. The van der Waals surface area contributed by atoms with Crippen molar-refractivity contribution in [2.45, 2.75) is 12.7 Å². The van der Waals surface area contributed by atoms with Crippen LogP contribution >= 0.6 is 0 Å². The zero-order valence-corrected chi connectivity index (χ0v) is 14.7. The number of aliphatic hydroxyl groups is 1. The van der Waals surface area contributed by atoms with Gasteiger partial charge in [0.15, 0.2) is 5.76 Å². The van der Waals surface area contributed by atoms with Crippen molar-refractivity contribution >= 4 is 11.6 Å². The third kappa shape index (κ3) is 5.99. The van der Waals surface area contributed by atoms with Crippen LogP contribution in [0, 0.1) is 0 Å². The van der Waals surface area contributed by atoms with Crippen molar-refractivity contribution in [3.63, 3.8) is 0 Å². The van der Waals surface area contributed by atoms with E-state index in [0.29, 0.717) is 18.0 Å². The molecule has 1 heterocycles. The quantitative estimate of drug-likeness (QED) is 0.605. The second kappa shape index (κ2) is 9.56. The maximum atomic E-state index is 11.9. The lowest BCUT2D eigenvalue weighted by Gasteiger charge is -2.13. The fraction of sp³-hybridized carbons (Fsp3) is 0.190. The Morgan fingerprint density at radius 2 is 1.78 bits per heavy atom. The van der Waals surface area contributed by atoms with Crippen molar-refractivity contribution in [1.29, 1.82) is 0 Å².